The average Bonchev–Trinajstić information content (AvgIpc) is 2.30. The lowest BCUT2D eigenvalue weighted by Gasteiger charge is -2.11. The lowest BCUT2D eigenvalue weighted by atomic mass is 10.1. The highest BCUT2D eigenvalue weighted by atomic mass is 19.1. The zero-order valence-corrected chi connectivity index (χ0v) is 10.1. The minimum atomic E-state index is -0.336. The molecule has 0 saturated heterocycles. The summed E-state index contributed by atoms with van der Waals surface area (Å²) in [5.74, 6) is -0.138. The fraction of sp³-hybridized carbons (Fsp3) is 0.462. The predicted octanol–water partition coefficient (Wildman–Crippen LogP) is 1.47. The standard InChI is InChI=1S/C13H19FN2O/c1-10(6-7-15)9-16-13(17)8-11-4-2-3-5-12(11)14/h2-5,10H,6-9,15H2,1H3,(H,16,17). The maximum atomic E-state index is 13.3. The summed E-state index contributed by atoms with van der Waals surface area (Å²) in [5.41, 5.74) is 5.84. The first-order valence-corrected chi connectivity index (χ1v) is 5.83. The van der Waals surface area contributed by atoms with Gasteiger partial charge in [-0.15, -0.1) is 0 Å². The topological polar surface area (TPSA) is 55.1 Å². The van der Waals surface area contributed by atoms with Crippen molar-refractivity contribution in [1.29, 1.82) is 0 Å². The second-order valence-electron chi connectivity index (χ2n) is 4.25. The number of rotatable bonds is 6. The second-order valence-corrected chi connectivity index (χ2v) is 4.25. The molecule has 1 amide bonds. The van der Waals surface area contributed by atoms with Crippen LogP contribution in [0.1, 0.15) is 18.9 Å². The first-order valence-electron chi connectivity index (χ1n) is 5.83. The molecule has 0 heterocycles. The SMILES string of the molecule is CC(CCN)CNC(=O)Cc1ccccc1F. The Morgan fingerprint density at radius 2 is 2.18 bits per heavy atom. The maximum Gasteiger partial charge on any atom is 0.224 e. The first kappa shape index (κ1) is 13.6. The van der Waals surface area contributed by atoms with E-state index in [-0.39, 0.29) is 18.1 Å². The van der Waals surface area contributed by atoms with E-state index in [9.17, 15) is 9.18 Å². The predicted molar refractivity (Wildman–Crippen MR) is 65.9 cm³/mol. The Morgan fingerprint density at radius 1 is 1.47 bits per heavy atom. The van der Waals surface area contributed by atoms with Crippen LogP contribution < -0.4 is 11.1 Å². The van der Waals surface area contributed by atoms with Gasteiger partial charge in [0.05, 0.1) is 6.42 Å². The molecule has 0 saturated carbocycles. The van der Waals surface area contributed by atoms with Crippen LogP contribution in [0.5, 0.6) is 0 Å². The molecule has 1 atom stereocenters. The molecule has 0 aliphatic carbocycles. The van der Waals surface area contributed by atoms with E-state index < -0.39 is 0 Å². The molecule has 3 N–H and O–H groups in total. The van der Waals surface area contributed by atoms with Gasteiger partial charge in [0, 0.05) is 6.54 Å². The molecule has 1 aromatic rings. The lowest BCUT2D eigenvalue weighted by molar-refractivity contribution is -0.120. The number of carbonyl (C=O) groups excluding carboxylic acids is 1. The highest BCUT2D eigenvalue weighted by molar-refractivity contribution is 5.78. The number of nitrogens with one attached hydrogen (secondary N) is 1. The third-order valence-corrected chi connectivity index (χ3v) is 2.62. The summed E-state index contributed by atoms with van der Waals surface area (Å²) in [4.78, 5) is 11.6. The molecule has 1 rings (SSSR count). The van der Waals surface area contributed by atoms with Crippen molar-refractivity contribution in [3.63, 3.8) is 0 Å². The van der Waals surface area contributed by atoms with Crippen molar-refractivity contribution >= 4 is 5.91 Å². The van der Waals surface area contributed by atoms with E-state index >= 15 is 0 Å². The molecule has 4 heteroatoms. The molecule has 1 aromatic carbocycles. The average molecular weight is 238 g/mol. The van der Waals surface area contributed by atoms with Crippen molar-refractivity contribution in [3.8, 4) is 0 Å². The molecule has 0 aromatic heterocycles. The highest BCUT2D eigenvalue weighted by Gasteiger charge is 2.08. The van der Waals surface area contributed by atoms with E-state index in [1.807, 2.05) is 6.92 Å². The number of halogens is 1. The summed E-state index contributed by atoms with van der Waals surface area (Å²) in [7, 11) is 0. The van der Waals surface area contributed by atoms with E-state index in [4.69, 9.17) is 5.73 Å². The van der Waals surface area contributed by atoms with Gasteiger partial charge >= 0.3 is 0 Å². The number of nitrogens with two attached hydrogens (primary N) is 1. The molecule has 0 aliphatic rings. The molecule has 3 nitrogen and oxygen atoms in total. The molecule has 0 fully saturated rings. The van der Waals surface area contributed by atoms with E-state index in [2.05, 4.69) is 5.32 Å². The van der Waals surface area contributed by atoms with Gasteiger partial charge in [-0.25, -0.2) is 4.39 Å². The van der Waals surface area contributed by atoms with Gasteiger partial charge in [-0.3, -0.25) is 4.79 Å². The Kier molecular flexibility index (Phi) is 5.63. The van der Waals surface area contributed by atoms with Gasteiger partial charge in [0.2, 0.25) is 5.91 Å². The Bertz CT molecular complexity index is 368. The van der Waals surface area contributed by atoms with E-state index in [1.54, 1.807) is 18.2 Å². The van der Waals surface area contributed by atoms with Crippen molar-refractivity contribution in [2.45, 2.75) is 19.8 Å². The number of hydrogen-bond acceptors (Lipinski definition) is 2. The summed E-state index contributed by atoms with van der Waals surface area (Å²) < 4.78 is 13.3. The Hall–Kier alpha value is -1.42. The normalized spacial score (nSPS) is 12.2. The third-order valence-electron chi connectivity index (χ3n) is 2.62. The van der Waals surface area contributed by atoms with Crippen LogP contribution in [0, 0.1) is 11.7 Å². The molecule has 94 valence electrons. The van der Waals surface area contributed by atoms with Gasteiger partial charge in [-0.2, -0.15) is 0 Å². The molecular formula is C13H19FN2O. The molecule has 17 heavy (non-hydrogen) atoms. The Balaban J connectivity index is 2.37. The fourth-order valence-corrected chi connectivity index (χ4v) is 1.55. The third kappa shape index (κ3) is 4.95. The van der Waals surface area contributed by atoms with Gasteiger partial charge in [0.1, 0.15) is 5.82 Å². The summed E-state index contributed by atoms with van der Waals surface area (Å²) in [6.45, 7) is 3.23. The second kappa shape index (κ2) is 7.01. The van der Waals surface area contributed by atoms with Crippen molar-refractivity contribution in [3.05, 3.63) is 35.6 Å². The smallest absolute Gasteiger partial charge is 0.224 e. The molecule has 0 radical (unpaired) electrons. The number of carbonyl (C=O) groups is 1. The van der Waals surface area contributed by atoms with Gasteiger partial charge in [-0.1, -0.05) is 25.1 Å². The number of hydrogen-bond donors (Lipinski definition) is 2. The fourth-order valence-electron chi connectivity index (χ4n) is 1.55. The quantitative estimate of drug-likeness (QED) is 0.788. The van der Waals surface area contributed by atoms with Gasteiger partial charge < -0.3 is 11.1 Å². The van der Waals surface area contributed by atoms with Crippen LogP contribution in [0.4, 0.5) is 4.39 Å². The van der Waals surface area contributed by atoms with E-state index in [0.29, 0.717) is 24.6 Å². The zero-order valence-electron chi connectivity index (χ0n) is 10.1. The van der Waals surface area contributed by atoms with E-state index in [0.717, 1.165) is 6.42 Å². The monoisotopic (exact) mass is 238 g/mol. The molecular weight excluding hydrogens is 219 g/mol. The van der Waals surface area contributed by atoms with Gasteiger partial charge in [0.15, 0.2) is 0 Å². The summed E-state index contributed by atoms with van der Waals surface area (Å²) >= 11 is 0. The minimum absolute atomic E-state index is 0.0853. The van der Waals surface area contributed by atoms with Crippen LogP contribution in [0.2, 0.25) is 0 Å². The molecule has 1 unspecified atom stereocenters. The first-order chi connectivity index (χ1) is 8.13. The van der Waals surface area contributed by atoms with Crippen LogP contribution in [-0.2, 0) is 11.2 Å². The van der Waals surface area contributed by atoms with Crippen LogP contribution in [0.15, 0.2) is 24.3 Å². The number of benzene rings is 1. The van der Waals surface area contributed by atoms with Crippen LogP contribution in [0.25, 0.3) is 0 Å². The maximum absolute atomic E-state index is 13.3. The summed E-state index contributed by atoms with van der Waals surface area (Å²) in [6.07, 6.45) is 0.960. The van der Waals surface area contributed by atoms with Crippen LogP contribution >= 0.6 is 0 Å². The minimum Gasteiger partial charge on any atom is -0.356 e. The summed E-state index contributed by atoms with van der Waals surface area (Å²) in [5, 5.41) is 2.78. The molecule has 0 bridgehead atoms. The molecule has 0 spiro atoms. The number of amides is 1. The van der Waals surface area contributed by atoms with Crippen molar-refractivity contribution < 1.29 is 9.18 Å². The lowest BCUT2D eigenvalue weighted by Crippen LogP contribution is -2.30. The largest absolute Gasteiger partial charge is 0.356 e. The molecule has 0 aliphatic heterocycles. The Morgan fingerprint density at radius 3 is 2.82 bits per heavy atom. The van der Waals surface area contributed by atoms with Gasteiger partial charge in [0.25, 0.3) is 0 Å². The van der Waals surface area contributed by atoms with Crippen molar-refractivity contribution in [2.75, 3.05) is 13.1 Å². The van der Waals surface area contributed by atoms with Crippen molar-refractivity contribution in [2.24, 2.45) is 11.7 Å². The Labute approximate surface area is 101 Å². The van der Waals surface area contributed by atoms with Crippen molar-refractivity contribution in [1.82, 2.24) is 5.32 Å². The van der Waals surface area contributed by atoms with Gasteiger partial charge in [-0.05, 0) is 30.5 Å². The zero-order chi connectivity index (χ0) is 12.7. The summed E-state index contributed by atoms with van der Waals surface area (Å²) in [6, 6.07) is 6.32. The van der Waals surface area contributed by atoms with Crippen LogP contribution in [-0.4, -0.2) is 19.0 Å². The van der Waals surface area contributed by atoms with E-state index in [1.165, 1.54) is 6.07 Å². The highest BCUT2D eigenvalue weighted by Crippen LogP contribution is 2.07. The van der Waals surface area contributed by atoms with Crippen LogP contribution in [0.3, 0.4) is 0 Å².